The van der Waals surface area contributed by atoms with E-state index in [1.165, 1.54) is 42.2 Å². The van der Waals surface area contributed by atoms with E-state index in [2.05, 4.69) is 31.4 Å². The van der Waals surface area contributed by atoms with Crippen molar-refractivity contribution in [3.8, 4) is 5.69 Å². The van der Waals surface area contributed by atoms with Crippen molar-refractivity contribution in [2.24, 2.45) is 5.10 Å². The number of nitro benzene ring substituents is 1. The fourth-order valence-corrected chi connectivity index (χ4v) is 3.46. The first-order valence-electron chi connectivity index (χ1n) is 10.7. The molecule has 0 saturated heterocycles. The Balaban J connectivity index is 1.52. The molecule has 36 heavy (non-hydrogen) atoms. The molecule has 1 heterocycles. The molecule has 0 bridgehead atoms. The maximum atomic E-state index is 12.9. The number of hydrogen-bond acceptors (Lipinski definition) is 8. The van der Waals surface area contributed by atoms with Gasteiger partial charge in [0.05, 0.1) is 27.6 Å². The van der Waals surface area contributed by atoms with E-state index in [1.807, 2.05) is 24.3 Å². The van der Waals surface area contributed by atoms with E-state index in [9.17, 15) is 19.7 Å². The Morgan fingerprint density at radius 1 is 1.00 bits per heavy atom. The lowest BCUT2D eigenvalue weighted by Gasteiger charge is -2.12. The van der Waals surface area contributed by atoms with E-state index in [0.29, 0.717) is 5.71 Å². The molecule has 0 atom stereocenters. The highest BCUT2D eigenvalue weighted by atomic mass is 16.6. The number of tetrazole rings is 1. The number of carbonyl (C=O) groups is 2. The van der Waals surface area contributed by atoms with Crippen LogP contribution in [0.3, 0.4) is 0 Å². The summed E-state index contributed by atoms with van der Waals surface area (Å²) in [4.78, 5) is 36.4. The van der Waals surface area contributed by atoms with Crippen LogP contribution in [0.1, 0.15) is 38.8 Å². The van der Waals surface area contributed by atoms with Crippen LogP contribution >= 0.6 is 0 Å². The predicted molar refractivity (Wildman–Crippen MR) is 131 cm³/mol. The number of carbonyl (C=O) groups excluding carboxylic acids is 2. The van der Waals surface area contributed by atoms with Crippen LogP contribution in [0.2, 0.25) is 0 Å². The Morgan fingerprint density at radius 3 is 2.50 bits per heavy atom. The number of nitrogens with one attached hydrogen (secondary N) is 2. The largest absolute Gasteiger partial charge is 0.321 e. The van der Waals surface area contributed by atoms with Gasteiger partial charge in [-0.05, 0) is 60.2 Å². The Kier molecular flexibility index (Phi) is 6.86. The summed E-state index contributed by atoms with van der Waals surface area (Å²) in [5.74, 6) is -1.12. The van der Waals surface area contributed by atoms with Gasteiger partial charge < -0.3 is 5.32 Å². The molecule has 0 aliphatic heterocycles. The van der Waals surface area contributed by atoms with Gasteiger partial charge in [0.2, 0.25) is 0 Å². The lowest BCUT2D eigenvalue weighted by Crippen LogP contribution is -2.22. The number of amides is 2. The zero-order valence-corrected chi connectivity index (χ0v) is 19.2. The average Bonchev–Trinajstić information content (AvgIpc) is 3.42. The third kappa shape index (κ3) is 5.12. The Bertz CT molecular complexity index is 1480. The number of aromatic nitrogens is 4. The molecular weight excluding hydrogens is 464 g/mol. The van der Waals surface area contributed by atoms with Crippen molar-refractivity contribution in [2.75, 3.05) is 5.32 Å². The highest BCUT2D eigenvalue weighted by molar-refractivity contribution is 6.10. The minimum Gasteiger partial charge on any atom is -0.321 e. The Morgan fingerprint density at radius 2 is 1.75 bits per heavy atom. The molecule has 0 fully saturated rings. The van der Waals surface area contributed by atoms with Gasteiger partial charge >= 0.3 is 0 Å². The van der Waals surface area contributed by atoms with Crippen LogP contribution in [0, 0.1) is 17.0 Å². The minimum absolute atomic E-state index is 0.135. The van der Waals surface area contributed by atoms with Crippen molar-refractivity contribution in [1.82, 2.24) is 25.6 Å². The third-order valence-corrected chi connectivity index (χ3v) is 5.37. The fraction of sp³-hybridized carbons (Fsp3) is 0.0833. The van der Waals surface area contributed by atoms with E-state index in [4.69, 9.17) is 0 Å². The molecule has 2 amide bonds. The highest BCUT2D eigenvalue weighted by Crippen LogP contribution is 2.23. The van der Waals surface area contributed by atoms with E-state index in [1.54, 1.807) is 25.1 Å². The van der Waals surface area contributed by atoms with Gasteiger partial charge in [0.15, 0.2) is 0 Å². The average molecular weight is 484 g/mol. The van der Waals surface area contributed by atoms with Crippen LogP contribution in [0.25, 0.3) is 5.69 Å². The van der Waals surface area contributed by atoms with Crippen LogP contribution in [0.15, 0.2) is 78.2 Å². The summed E-state index contributed by atoms with van der Waals surface area (Å²) in [6, 6.07) is 17.9. The van der Waals surface area contributed by atoms with Gasteiger partial charge in [-0.25, -0.2) is 10.1 Å². The van der Waals surface area contributed by atoms with E-state index in [-0.39, 0.29) is 28.1 Å². The number of nitro groups is 1. The van der Waals surface area contributed by atoms with Crippen molar-refractivity contribution < 1.29 is 14.5 Å². The number of para-hydroxylation sites is 1. The number of nitrogens with zero attached hydrogens (tertiary/aromatic N) is 6. The number of rotatable bonds is 7. The molecular formula is C24H20N8O4. The first kappa shape index (κ1) is 23.9. The van der Waals surface area contributed by atoms with E-state index >= 15 is 0 Å². The molecule has 0 aliphatic rings. The summed E-state index contributed by atoms with van der Waals surface area (Å²) in [6.07, 6.45) is 1.47. The van der Waals surface area contributed by atoms with Gasteiger partial charge in [0.1, 0.15) is 6.33 Å². The van der Waals surface area contributed by atoms with Gasteiger partial charge in [0.25, 0.3) is 17.5 Å². The summed E-state index contributed by atoms with van der Waals surface area (Å²) in [6.45, 7) is 3.23. The lowest BCUT2D eigenvalue weighted by atomic mass is 10.1. The zero-order chi connectivity index (χ0) is 25.7. The molecule has 0 spiro atoms. The van der Waals surface area contributed by atoms with E-state index in [0.717, 1.165) is 11.3 Å². The molecule has 4 rings (SSSR count). The number of hydrogen-bond donors (Lipinski definition) is 2. The van der Waals surface area contributed by atoms with Crippen molar-refractivity contribution in [3.05, 3.63) is 105 Å². The lowest BCUT2D eigenvalue weighted by molar-refractivity contribution is -0.385. The normalized spacial score (nSPS) is 11.1. The smallest absolute Gasteiger partial charge is 0.273 e. The second-order valence-electron chi connectivity index (χ2n) is 7.65. The quantitative estimate of drug-likeness (QED) is 0.231. The molecule has 0 aliphatic carbocycles. The summed E-state index contributed by atoms with van der Waals surface area (Å²) in [5, 5.41) is 29.1. The summed E-state index contributed by atoms with van der Waals surface area (Å²) in [7, 11) is 0. The number of benzene rings is 3. The standard InChI is InChI=1S/C24H20N8O4/c1-15-19(10-6-12-22(15)32(35)36)23(33)26-21-11-4-3-9-20(21)24(34)28-27-16(2)17-7-5-8-18(13-17)31-14-25-29-30-31/h3-14H,1-2H3,(H,26,33)(H,28,34)/b27-16-. The first-order chi connectivity index (χ1) is 17.3. The number of hydrazone groups is 1. The second kappa shape index (κ2) is 10.3. The summed E-state index contributed by atoms with van der Waals surface area (Å²) < 4.78 is 1.50. The Labute approximate surface area is 204 Å². The van der Waals surface area contributed by atoms with Crippen molar-refractivity contribution in [3.63, 3.8) is 0 Å². The highest BCUT2D eigenvalue weighted by Gasteiger charge is 2.20. The van der Waals surface area contributed by atoms with Crippen LogP contribution in [0.4, 0.5) is 11.4 Å². The molecule has 12 heteroatoms. The minimum atomic E-state index is -0.574. The fourth-order valence-electron chi connectivity index (χ4n) is 3.46. The van der Waals surface area contributed by atoms with Crippen molar-refractivity contribution >= 4 is 28.9 Å². The van der Waals surface area contributed by atoms with Crippen molar-refractivity contribution in [1.29, 1.82) is 0 Å². The molecule has 12 nitrogen and oxygen atoms in total. The van der Waals surface area contributed by atoms with Gasteiger partial charge in [-0.2, -0.15) is 5.10 Å². The topological polar surface area (TPSA) is 157 Å². The molecule has 0 unspecified atom stereocenters. The molecule has 4 aromatic rings. The third-order valence-electron chi connectivity index (χ3n) is 5.37. The Hall–Kier alpha value is -5.26. The maximum absolute atomic E-state index is 12.9. The molecule has 1 aromatic heterocycles. The molecule has 2 N–H and O–H groups in total. The molecule has 0 saturated carbocycles. The summed E-state index contributed by atoms with van der Waals surface area (Å²) in [5.41, 5.74) is 5.11. The summed E-state index contributed by atoms with van der Waals surface area (Å²) >= 11 is 0. The molecule has 3 aromatic carbocycles. The second-order valence-corrected chi connectivity index (χ2v) is 7.65. The zero-order valence-electron chi connectivity index (χ0n) is 19.2. The first-order valence-corrected chi connectivity index (χ1v) is 10.7. The van der Waals surface area contributed by atoms with E-state index < -0.39 is 16.7 Å². The predicted octanol–water partition coefficient (Wildman–Crippen LogP) is 3.29. The van der Waals surface area contributed by atoms with Crippen LogP contribution in [0.5, 0.6) is 0 Å². The van der Waals surface area contributed by atoms with Gasteiger partial charge in [-0.15, -0.1) is 5.10 Å². The molecule has 180 valence electrons. The van der Waals surface area contributed by atoms with Gasteiger partial charge in [-0.3, -0.25) is 19.7 Å². The SMILES string of the molecule is C/C(=N/NC(=O)c1ccccc1NC(=O)c1cccc([N+](=O)[O-])c1C)c1cccc(-n2cnnn2)c1. The van der Waals surface area contributed by atoms with Crippen LogP contribution < -0.4 is 10.7 Å². The molecule has 0 radical (unpaired) electrons. The van der Waals surface area contributed by atoms with Crippen LogP contribution in [-0.4, -0.2) is 42.7 Å². The van der Waals surface area contributed by atoms with Crippen molar-refractivity contribution in [2.45, 2.75) is 13.8 Å². The monoisotopic (exact) mass is 484 g/mol. The maximum Gasteiger partial charge on any atom is 0.273 e. The van der Waals surface area contributed by atoms with Gasteiger partial charge in [0, 0.05) is 17.2 Å². The van der Waals surface area contributed by atoms with Crippen LogP contribution in [-0.2, 0) is 0 Å². The number of anilines is 1. The van der Waals surface area contributed by atoms with Gasteiger partial charge in [-0.1, -0.05) is 30.3 Å².